The lowest BCUT2D eigenvalue weighted by Gasteiger charge is -2.22. The maximum absolute atomic E-state index is 10.6. The maximum atomic E-state index is 10.6. The number of carboxylic acid groups (broad SMARTS) is 1. The highest BCUT2D eigenvalue weighted by molar-refractivity contribution is 5.66. The molecule has 82 valence electrons. The van der Waals surface area contributed by atoms with E-state index >= 15 is 0 Å². The fourth-order valence-electron chi connectivity index (χ4n) is 2.18. The van der Waals surface area contributed by atoms with E-state index < -0.39 is 5.97 Å². The van der Waals surface area contributed by atoms with Crippen LogP contribution in [-0.2, 0) is 17.8 Å². The number of hydrogen-bond acceptors (Lipinski definition) is 3. The highest BCUT2D eigenvalue weighted by Crippen LogP contribution is 2.28. The molecule has 0 fully saturated rings. The maximum Gasteiger partial charge on any atom is 0.325 e. The Bertz CT molecular complexity index is 373. The van der Waals surface area contributed by atoms with Gasteiger partial charge < -0.3 is 10.4 Å². The first-order valence-electron chi connectivity index (χ1n) is 5.16. The first kappa shape index (κ1) is 10.2. The van der Waals surface area contributed by atoms with Crippen LogP contribution in [0, 0.1) is 0 Å². The largest absolute Gasteiger partial charge is 0.480 e. The fourth-order valence-corrected chi connectivity index (χ4v) is 2.18. The minimum atomic E-state index is -0.840. The molecule has 0 spiro atoms. The number of fused-ring (bicyclic) bond motifs is 1. The molecule has 0 aromatic carbocycles. The third-order valence-corrected chi connectivity index (χ3v) is 2.90. The second-order valence-electron chi connectivity index (χ2n) is 3.83. The molecule has 5 heteroatoms. The van der Waals surface area contributed by atoms with E-state index in [1.165, 1.54) is 0 Å². The van der Waals surface area contributed by atoms with Crippen LogP contribution in [0.1, 0.15) is 30.1 Å². The van der Waals surface area contributed by atoms with Gasteiger partial charge in [0.2, 0.25) is 0 Å². The molecule has 0 saturated carbocycles. The number of carboxylic acids is 1. The van der Waals surface area contributed by atoms with Crippen molar-refractivity contribution >= 4 is 5.97 Å². The van der Waals surface area contributed by atoms with Crippen molar-refractivity contribution in [2.24, 2.45) is 0 Å². The Labute approximate surface area is 88.1 Å². The molecule has 1 heterocycles. The topological polar surface area (TPSA) is 67.2 Å². The standard InChI is InChI=1S/C10H15N3O2/c1-11-8-3-2-4-9-7(8)5-12-13(9)6-10(14)15/h5,8,11H,2-4,6H2,1H3,(H,14,15). The zero-order valence-corrected chi connectivity index (χ0v) is 8.73. The Hall–Kier alpha value is -1.36. The third-order valence-electron chi connectivity index (χ3n) is 2.90. The van der Waals surface area contributed by atoms with Gasteiger partial charge in [0.25, 0.3) is 0 Å². The number of nitrogens with one attached hydrogen (secondary N) is 1. The number of nitrogens with zero attached hydrogens (tertiary/aromatic N) is 2. The summed E-state index contributed by atoms with van der Waals surface area (Å²) in [6.45, 7) is -0.0359. The zero-order valence-electron chi connectivity index (χ0n) is 8.73. The summed E-state index contributed by atoms with van der Waals surface area (Å²) in [5, 5.41) is 16.1. The van der Waals surface area contributed by atoms with Crippen LogP contribution in [0.3, 0.4) is 0 Å². The van der Waals surface area contributed by atoms with E-state index in [0.29, 0.717) is 6.04 Å². The number of hydrogen-bond donors (Lipinski definition) is 2. The average molecular weight is 209 g/mol. The van der Waals surface area contributed by atoms with Crippen molar-refractivity contribution in [2.45, 2.75) is 31.8 Å². The summed E-state index contributed by atoms with van der Waals surface area (Å²) in [7, 11) is 1.92. The summed E-state index contributed by atoms with van der Waals surface area (Å²) in [4.78, 5) is 10.6. The van der Waals surface area contributed by atoms with Crippen LogP contribution in [0.15, 0.2) is 6.20 Å². The summed E-state index contributed by atoms with van der Waals surface area (Å²) >= 11 is 0. The molecule has 1 unspecified atom stereocenters. The van der Waals surface area contributed by atoms with Crippen molar-refractivity contribution in [1.29, 1.82) is 0 Å². The molecule has 15 heavy (non-hydrogen) atoms. The van der Waals surface area contributed by atoms with Gasteiger partial charge in [-0.1, -0.05) is 0 Å². The molecule has 2 N–H and O–H groups in total. The summed E-state index contributed by atoms with van der Waals surface area (Å²) in [6.07, 6.45) is 4.91. The first-order chi connectivity index (χ1) is 7.22. The number of aliphatic carboxylic acids is 1. The monoisotopic (exact) mass is 209 g/mol. The third kappa shape index (κ3) is 1.87. The van der Waals surface area contributed by atoms with Gasteiger partial charge in [0.1, 0.15) is 6.54 Å². The van der Waals surface area contributed by atoms with E-state index in [4.69, 9.17) is 5.11 Å². The molecule has 0 radical (unpaired) electrons. The Morgan fingerprint density at radius 1 is 1.80 bits per heavy atom. The highest BCUT2D eigenvalue weighted by Gasteiger charge is 2.23. The van der Waals surface area contributed by atoms with E-state index in [9.17, 15) is 4.79 Å². The van der Waals surface area contributed by atoms with Crippen LogP contribution in [-0.4, -0.2) is 27.9 Å². The van der Waals surface area contributed by atoms with Crippen molar-refractivity contribution in [3.05, 3.63) is 17.5 Å². The van der Waals surface area contributed by atoms with E-state index in [-0.39, 0.29) is 6.54 Å². The Balaban J connectivity index is 2.29. The van der Waals surface area contributed by atoms with Gasteiger partial charge in [0.15, 0.2) is 0 Å². The average Bonchev–Trinajstić information content (AvgIpc) is 2.61. The molecular weight excluding hydrogens is 194 g/mol. The lowest BCUT2D eigenvalue weighted by Crippen LogP contribution is -2.23. The normalized spacial score (nSPS) is 19.9. The van der Waals surface area contributed by atoms with Crippen molar-refractivity contribution in [2.75, 3.05) is 7.05 Å². The van der Waals surface area contributed by atoms with Crippen LogP contribution in [0.5, 0.6) is 0 Å². The quantitative estimate of drug-likeness (QED) is 0.763. The van der Waals surface area contributed by atoms with E-state index in [1.807, 2.05) is 7.05 Å². The van der Waals surface area contributed by atoms with E-state index in [0.717, 1.165) is 30.5 Å². The number of rotatable bonds is 3. The van der Waals surface area contributed by atoms with Crippen molar-refractivity contribution in [3.8, 4) is 0 Å². The molecular formula is C10H15N3O2. The van der Waals surface area contributed by atoms with Gasteiger partial charge in [-0.15, -0.1) is 0 Å². The van der Waals surface area contributed by atoms with Gasteiger partial charge in [0, 0.05) is 17.3 Å². The number of carbonyl (C=O) groups is 1. The predicted octanol–water partition coefficient (Wildman–Crippen LogP) is 0.565. The molecule has 1 aromatic rings. The van der Waals surface area contributed by atoms with Gasteiger partial charge in [-0.05, 0) is 26.3 Å². The Morgan fingerprint density at radius 2 is 2.60 bits per heavy atom. The Kier molecular flexibility index (Phi) is 2.73. The van der Waals surface area contributed by atoms with Crippen LogP contribution in [0.25, 0.3) is 0 Å². The second kappa shape index (κ2) is 4.02. The number of aromatic nitrogens is 2. The van der Waals surface area contributed by atoms with Crippen molar-refractivity contribution in [1.82, 2.24) is 15.1 Å². The van der Waals surface area contributed by atoms with Crippen LogP contribution >= 0.6 is 0 Å². The van der Waals surface area contributed by atoms with Crippen molar-refractivity contribution < 1.29 is 9.90 Å². The molecule has 0 bridgehead atoms. The minimum absolute atomic E-state index is 0.0359. The van der Waals surface area contributed by atoms with Gasteiger partial charge >= 0.3 is 5.97 Å². The molecule has 2 rings (SSSR count). The van der Waals surface area contributed by atoms with E-state index in [2.05, 4.69) is 10.4 Å². The molecule has 0 aliphatic heterocycles. The SMILES string of the molecule is CNC1CCCc2c1cnn2CC(=O)O. The van der Waals surface area contributed by atoms with Gasteiger partial charge in [-0.3, -0.25) is 9.48 Å². The van der Waals surface area contributed by atoms with Gasteiger partial charge in [-0.2, -0.15) is 5.10 Å². The molecule has 5 nitrogen and oxygen atoms in total. The van der Waals surface area contributed by atoms with E-state index in [1.54, 1.807) is 10.9 Å². The van der Waals surface area contributed by atoms with Crippen LogP contribution in [0.4, 0.5) is 0 Å². The summed E-state index contributed by atoms with van der Waals surface area (Å²) in [5.41, 5.74) is 2.23. The molecule has 1 aliphatic rings. The first-order valence-corrected chi connectivity index (χ1v) is 5.16. The minimum Gasteiger partial charge on any atom is -0.480 e. The van der Waals surface area contributed by atoms with Gasteiger partial charge in [0.05, 0.1) is 6.20 Å². The predicted molar refractivity (Wildman–Crippen MR) is 54.6 cm³/mol. The highest BCUT2D eigenvalue weighted by atomic mass is 16.4. The Morgan fingerprint density at radius 3 is 3.27 bits per heavy atom. The molecule has 1 aromatic heterocycles. The molecule has 0 saturated heterocycles. The van der Waals surface area contributed by atoms with Gasteiger partial charge in [-0.25, -0.2) is 0 Å². The van der Waals surface area contributed by atoms with Crippen LogP contribution in [0.2, 0.25) is 0 Å². The van der Waals surface area contributed by atoms with Crippen molar-refractivity contribution in [3.63, 3.8) is 0 Å². The second-order valence-corrected chi connectivity index (χ2v) is 3.83. The summed E-state index contributed by atoms with van der Waals surface area (Å²) in [5.74, 6) is -0.840. The smallest absolute Gasteiger partial charge is 0.325 e. The zero-order chi connectivity index (χ0) is 10.8. The molecule has 0 amide bonds. The lowest BCUT2D eigenvalue weighted by atomic mass is 9.93. The van der Waals surface area contributed by atoms with Crippen LogP contribution < -0.4 is 5.32 Å². The molecule has 1 aliphatic carbocycles. The fraction of sp³-hybridized carbons (Fsp3) is 0.600. The summed E-state index contributed by atoms with van der Waals surface area (Å²) in [6, 6.07) is 0.330. The lowest BCUT2D eigenvalue weighted by molar-refractivity contribution is -0.137. The summed E-state index contributed by atoms with van der Waals surface area (Å²) < 4.78 is 1.60. The molecule has 1 atom stereocenters.